The Kier molecular flexibility index (Phi) is 25.5. The van der Waals surface area contributed by atoms with Crippen LogP contribution in [0.15, 0.2) is 93.0 Å². The standard InChI is InChI=1S/2C19H24N8O.C16H18N8O.C16H20N8O.C15H18N8O/c2*20-19-21-10-14(11-22-19)15-12-27-18(17(23-15)26-6-8-28-9-7-26)24-16(25-27)13-4-2-1-3-5-13;17-16-18-7-11(8-19-16)12-9-24-15(21-13(22-24)10-1-2-10)14(20-12)23-3-5-25-6-4-23;1-10(2)13-21-15-14(23-3-5-25-6-4-23)20-12(9-24(15)22-13)11-7-18-16(17)19-8-11;1-2-12-20-14-13(22-3-5-24-6-4-22)19-11(9-23(14)21-12)10-7-17-15(16)18-8-10/h2*10-13H,1-9H2,(H2,20,21,22);7-10H,1-6H2,(H2,17,18,19);7-10H,3-6H2,1-2H3,(H2,17,18,19);7-9H,2-6H2,1H3,(H2,16,17,18). The van der Waals surface area contributed by atoms with Crippen molar-refractivity contribution in [2.75, 3.05) is 185 Å². The third-order valence-electron chi connectivity index (χ3n) is 23.7. The van der Waals surface area contributed by atoms with Gasteiger partial charge in [-0.05, 0) is 38.5 Å². The zero-order valence-corrected chi connectivity index (χ0v) is 72.9. The third-order valence-corrected chi connectivity index (χ3v) is 23.7. The second kappa shape index (κ2) is 38.9. The number of aryl methyl sites for hydroxylation is 1. The molecule has 23 rings (SSSR count). The van der Waals surface area contributed by atoms with Gasteiger partial charge in [-0.15, -0.1) is 0 Å². The molecular formula is C85H104N40O5. The Morgan fingerprint density at radius 2 is 0.515 bits per heavy atom. The number of anilines is 10. The van der Waals surface area contributed by atoms with Gasteiger partial charge in [0.2, 0.25) is 29.7 Å². The van der Waals surface area contributed by atoms with Crippen LogP contribution in [0.4, 0.5) is 58.8 Å². The van der Waals surface area contributed by atoms with Gasteiger partial charge in [0.15, 0.2) is 86.4 Å². The minimum Gasteiger partial charge on any atom is -0.378 e. The number of rotatable bonds is 15. The van der Waals surface area contributed by atoms with Crippen LogP contribution in [0, 0.1) is 0 Å². The molecule has 15 aromatic heterocycles. The maximum Gasteiger partial charge on any atom is 0.219 e. The first kappa shape index (κ1) is 85.4. The van der Waals surface area contributed by atoms with Crippen molar-refractivity contribution in [3.05, 3.63) is 122 Å². The summed E-state index contributed by atoms with van der Waals surface area (Å²) in [7, 11) is 0. The molecule has 8 fully saturated rings. The molecule has 45 nitrogen and oxygen atoms in total. The molecule has 0 unspecified atom stereocenters. The van der Waals surface area contributed by atoms with Gasteiger partial charge in [0.1, 0.15) is 0 Å². The fraction of sp³-hybridized carbons (Fsp3) is 0.471. The minimum absolute atomic E-state index is 0.237. The summed E-state index contributed by atoms with van der Waals surface area (Å²) in [4.78, 5) is 99.9. The fourth-order valence-electron chi connectivity index (χ4n) is 16.4. The molecule has 5 aliphatic heterocycles. The van der Waals surface area contributed by atoms with Crippen molar-refractivity contribution >= 4 is 87.1 Å². The van der Waals surface area contributed by atoms with Crippen LogP contribution in [0.2, 0.25) is 0 Å². The maximum absolute atomic E-state index is 5.64. The molecule has 3 saturated carbocycles. The van der Waals surface area contributed by atoms with Gasteiger partial charge < -0.3 is 76.9 Å². The predicted octanol–water partition coefficient (Wildman–Crippen LogP) is 6.66. The van der Waals surface area contributed by atoms with Crippen LogP contribution in [-0.2, 0) is 30.1 Å². The Bertz CT molecular complexity index is 6040. The number of fused-ring (bicyclic) bond motifs is 5. The SMILES string of the molecule is CC(C)c1nc2c(N3CCOCC3)nc(-c3cnc(N)nc3)cn2n1.CCc1nc2c(N3CCOCC3)nc(-c3cnc(N)nc3)cn2n1.Nc1ncc(-c2cn3nc(C4CC4)nc3c(N3CCOCC3)n2)cn1.Nc1ncc(-c2cn3nc(C4CCCCC4)nc3c(N3CCOCC3)n2)cn1.Nc1ncc(-c2cn3nc(C4CCCCC4)nc3c(N3CCOCC3)n2)cn1. The smallest absolute Gasteiger partial charge is 0.219 e. The molecule has 0 amide bonds. The quantitative estimate of drug-likeness (QED) is 0.0716. The van der Waals surface area contributed by atoms with Crippen LogP contribution in [0.1, 0.15) is 151 Å². The molecular weight excluding hydrogens is 1660 g/mol. The maximum atomic E-state index is 5.64. The summed E-state index contributed by atoms with van der Waals surface area (Å²) in [5.74, 6) is 11.3. The number of morpholine rings is 5. The number of nitrogen functional groups attached to an aromatic ring is 5. The number of aromatic nitrogens is 30. The van der Waals surface area contributed by atoms with Crippen LogP contribution in [0.3, 0.4) is 0 Å². The fourth-order valence-corrected chi connectivity index (χ4v) is 16.4. The van der Waals surface area contributed by atoms with Gasteiger partial charge in [0.05, 0.1) is 126 Å². The zero-order chi connectivity index (χ0) is 88.6. The number of hydrogen-bond donors (Lipinski definition) is 5. The highest BCUT2D eigenvalue weighted by molar-refractivity contribution is 5.75. The minimum atomic E-state index is 0.237. The lowest BCUT2D eigenvalue weighted by Crippen LogP contribution is -2.37. The van der Waals surface area contributed by atoms with Crippen molar-refractivity contribution in [2.45, 2.75) is 128 Å². The van der Waals surface area contributed by atoms with Crippen molar-refractivity contribution < 1.29 is 23.7 Å². The van der Waals surface area contributed by atoms with Crippen molar-refractivity contribution in [3.8, 4) is 56.3 Å². The molecule has 15 aromatic rings. The molecule has 0 bridgehead atoms. The van der Waals surface area contributed by atoms with E-state index in [-0.39, 0.29) is 35.7 Å². The van der Waals surface area contributed by atoms with E-state index in [0.29, 0.717) is 83.8 Å². The first-order valence-electron chi connectivity index (χ1n) is 44.6. The Labute approximate surface area is 746 Å². The normalized spacial score (nSPS) is 17.2. The lowest BCUT2D eigenvalue weighted by molar-refractivity contribution is 0.122. The summed E-state index contributed by atoms with van der Waals surface area (Å²) in [5.41, 5.74) is 39.7. The van der Waals surface area contributed by atoms with E-state index in [0.717, 1.165) is 253 Å². The van der Waals surface area contributed by atoms with Gasteiger partial charge in [0, 0.05) is 185 Å². The van der Waals surface area contributed by atoms with Crippen LogP contribution in [-0.4, -0.2) is 279 Å². The molecule has 3 aliphatic carbocycles. The van der Waals surface area contributed by atoms with Crippen LogP contribution in [0.25, 0.3) is 84.5 Å². The van der Waals surface area contributed by atoms with Gasteiger partial charge >= 0.3 is 0 Å². The Hall–Kier alpha value is -14.1. The lowest BCUT2D eigenvalue weighted by Gasteiger charge is -2.28. The average molecular weight is 1770 g/mol. The molecule has 8 aliphatic rings. The molecule has 20 heterocycles. The van der Waals surface area contributed by atoms with E-state index in [2.05, 4.69) is 108 Å². The van der Waals surface area contributed by atoms with E-state index in [1.54, 1.807) is 71.0 Å². The summed E-state index contributed by atoms with van der Waals surface area (Å²) in [6, 6.07) is 0. The topological polar surface area (TPSA) is 537 Å². The molecule has 5 saturated heterocycles. The molecule has 674 valence electrons. The summed E-state index contributed by atoms with van der Waals surface area (Å²) in [5, 5.41) is 23.5. The molecule has 130 heavy (non-hydrogen) atoms. The lowest BCUT2D eigenvalue weighted by atomic mass is 9.89. The number of nitrogens with zero attached hydrogens (tertiary/aromatic N) is 35. The van der Waals surface area contributed by atoms with Gasteiger partial charge in [-0.25, -0.2) is 122 Å². The van der Waals surface area contributed by atoms with Crippen LogP contribution >= 0.6 is 0 Å². The van der Waals surface area contributed by atoms with E-state index in [4.69, 9.17) is 107 Å². The van der Waals surface area contributed by atoms with Crippen LogP contribution < -0.4 is 53.2 Å². The molecule has 45 heteroatoms. The van der Waals surface area contributed by atoms with Gasteiger partial charge in [0.25, 0.3) is 0 Å². The highest BCUT2D eigenvalue weighted by Gasteiger charge is 2.33. The van der Waals surface area contributed by atoms with Crippen molar-refractivity contribution in [1.29, 1.82) is 0 Å². The van der Waals surface area contributed by atoms with Gasteiger partial charge in [-0.3, -0.25) is 0 Å². The molecule has 10 N–H and O–H groups in total. The van der Waals surface area contributed by atoms with Crippen molar-refractivity contribution in [1.82, 2.24) is 148 Å². The van der Waals surface area contributed by atoms with E-state index < -0.39 is 0 Å². The Morgan fingerprint density at radius 1 is 0.285 bits per heavy atom. The van der Waals surface area contributed by atoms with Gasteiger partial charge in [-0.1, -0.05) is 59.3 Å². The van der Waals surface area contributed by atoms with Crippen LogP contribution in [0.5, 0.6) is 0 Å². The molecule has 0 aromatic carbocycles. The zero-order valence-electron chi connectivity index (χ0n) is 72.9. The van der Waals surface area contributed by atoms with Crippen molar-refractivity contribution in [3.63, 3.8) is 0 Å². The first-order chi connectivity index (χ1) is 63.7. The second-order valence-corrected chi connectivity index (χ2v) is 33.1. The monoisotopic (exact) mass is 1760 g/mol. The second-order valence-electron chi connectivity index (χ2n) is 33.1. The highest BCUT2D eigenvalue weighted by Crippen LogP contribution is 2.40. The predicted molar refractivity (Wildman–Crippen MR) is 483 cm³/mol. The summed E-state index contributed by atoms with van der Waals surface area (Å²) in [6.45, 7) is 20.8. The number of hydrogen-bond acceptors (Lipinski definition) is 40. The summed E-state index contributed by atoms with van der Waals surface area (Å²) >= 11 is 0. The Morgan fingerprint density at radius 3 is 0.762 bits per heavy atom. The molecule has 0 spiro atoms. The van der Waals surface area contributed by atoms with E-state index in [1.165, 1.54) is 38.5 Å². The highest BCUT2D eigenvalue weighted by atomic mass is 16.5. The summed E-state index contributed by atoms with van der Waals surface area (Å²) in [6.07, 6.45) is 41.6. The number of nitrogens with two attached hydrogens (primary N) is 5. The van der Waals surface area contributed by atoms with E-state index in [9.17, 15) is 0 Å². The largest absolute Gasteiger partial charge is 0.378 e. The average Bonchev–Trinajstić information content (AvgIpc) is 1.62. The first-order valence-corrected chi connectivity index (χ1v) is 44.6. The Balaban J connectivity index is 0.000000105. The third kappa shape index (κ3) is 19.5. The molecule has 0 radical (unpaired) electrons. The van der Waals surface area contributed by atoms with Gasteiger partial charge in [-0.2, -0.15) is 25.5 Å². The number of ether oxygens (including phenoxy) is 5. The van der Waals surface area contributed by atoms with E-state index in [1.807, 2.05) is 51.5 Å². The summed E-state index contributed by atoms with van der Waals surface area (Å²) < 4.78 is 36.5. The van der Waals surface area contributed by atoms with E-state index >= 15 is 0 Å². The molecule has 0 atom stereocenters. The van der Waals surface area contributed by atoms with Crippen molar-refractivity contribution in [2.24, 2.45) is 0 Å².